The van der Waals surface area contributed by atoms with Crippen molar-refractivity contribution < 1.29 is 9.21 Å². The highest BCUT2D eigenvalue weighted by Crippen LogP contribution is 2.16. The summed E-state index contributed by atoms with van der Waals surface area (Å²) in [6.07, 6.45) is 1.21. The zero-order chi connectivity index (χ0) is 13.8. The summed E-state index contributed by atoms with van der Waals surface area (Å²) < 4.78 is 5.48. The fourth-order valence-electron chi connectivity index (χ4n) is 2.01. The number of hydrogen-bond donors (Lipinski definition) is 0. The molecule has 0 N–H and O–H groups in total. The molecule has 0 radical (unpaired) electrons. The number of Topliss-reactive ketones (excluding diaryl/α,β-unsaturated/α-hetero) is 1. The normalized spacial score (nSPS) is 10.9. The van der Waals surface area contributed by atoms with Gasteiger partial charge in [0.2, 0.25) is 5.78 Å². The van der Waals surface area contributed by atoms with E-state index in [1.54, 1.807) is 6.07 Å². The molecule has 0 spiro atoms. The zero-order valence-electron chi connectivity index (χ0n) is 11.8. The Morgan fingerprint density at radius 2 is 1.79 bits per heavy atom. The first kappa shape index (κ1) is 13.6. The van der Waals surface area contributed by atoms with Crippen LogP contribution in [0.15, 0.2) is 40.8 Å². The number of hydrogen-bond acceptors (Lipinski definition) is 2. The quantitative estimate of drug-likeness (QED) is 0.743. The second-order valence-electron chi connectivity index (χ2n) is 5.12. The molecule has 2 heteroatoms. The molecule has 100 valence electrons. The average molecular weight is 256 g/mol. The molecule has 0 saturated heterocycles. The molecule has 1 heterocycles. The predicted octanol–water partition coefficient (Wildman–Crippen LogP) is 4.39. The lowest BCUT2D eigenvalue weighted by atomic mass is 10.00. The van der Waals surface area contributed by atoms with Gasteiger partial charge in [0.05, 0.1) is 0 Å². The number of furan rings is 1. The van der Waals surface area contributed by atoms with Crippen molar-refractivity contribution in [3.8, 4) is 0 Å². The van der Waals surface area contributed by atoms with Gasteiger partial charge in [-0.2, -0.15) is 0 Å². The van der Waals surface area contributed by atoms with Crippen molar-refractivity contribution in [1.29, 1.82) is 0 Å². The van der Waals surface area contributed by atoms with Gasteiger partial charge in [-0.25, -0.2) is 0 Å². The van der Waals surface area contributed by atoms with E-state index in [1.165, 1.54) is 5.56 Å². The summed E-state index contributed by atoms with van der Waals surface area (Å²) in [5.74, 6) is 1.88. The van der Waals surface area contributed by atoms with E-state index in [9.17, 15) is 4.79 Å². The van der Waals surface area contributed by atoms with E-state index in [2.05, 4.69) is 26.0 Å². The van der Waals surface area contributed by atoms with Crippen LogP contribution in [0, 0.1) is 0 Å². The van der Waals surface area contributed by atoms with Crippen LogP contribution in [0.3, 0.4) is 0 Å². The second kappa shape index (κ2) is 5.87. The molecule has 0 aliphatic heterocycles. The first-order valence-electron chi connectivity index (χ1n) is 6.81. The summed E-state index contributed by atoms with van der Waals surface area (Å²) >= 11 is 0. The van der Waals surface area contributed by atoms with E-state index in [-0.39, 0.29) is 5.78 Å². The van der Waals surface area contributed by atoms with Crippen molar-refractivity contribution in [3.05, 3.63) is 59.0 Å². The molecular formula is C17H20O2. The van der Waals surface area contributed by atoms with Gasteiger partial charge in [-0.3, -0.25) is 4.79 Å². The molecule has 1 aromatic carbocycles. The summed E-state index contributed by atoms with van der Waals surface area (Å²) in [5, 5.41) is 0. The van der Waals surface area contributed by atoms with Gasteiger partial charge < -0.3 is 4.42 Å². The zero-order valence-corrected chi connectivity index (χ0v) is 11.8. The van der Waals surface area contributed by atoms with Crippen molar-refractivity contribution in [2.45, 2.75) is 39.5 Å². The molecule has 2 nitrogen and oxygen atoms in total. The highest BCUT2D eigenvalue weighted by Gasteiger charge is 2.11. The van der Waals surface area contributed by atoms with E-state index in [0.29, 0.717) is 18.1 Å². The van der Waals surface area contributed by atoms with Crippen molar-refractivity contribution in [2.24, 2.45) is 0 Å². The van der Waals surface area contributed by atoms with Gasteiger partial charge in [0.25, 0.3) is 0 Å². The molecule has 19 heavy (non-hydrogen) atoms. The van der Waals surface area contributed by atoms with Crippen LogP contribution in [-0.2, 0) is 12.8 Å². The average Bonchev–Trinajstić information content (AvgIpc) is 2.88. The maximum Gasteiger partial charge on any atom is 0.202 e. The first-order valence-corrected chi connectivity index (χ1v) is 6.81. The smallest absolute Gasteiger partial charge is 0.202 e. The van der Waals surface area contributed by atoms with Crippen molar-refractivity contribution in [3.63, 3.8) is 0 Å². The molecule has 0 bridgehead atoms. The summed E-state index contributed by atoms with van der Waals surface area (Å²) in [5.41, 5.74) is 2.33. The third-order valence-corrected chi connectivity index (χ3v) is 3.30. The monoisotopic (exact) mass is 256 g/mol. The van der Waals surface area contributed by atoms with Gasteiger partial charge in [0.1, 0.15) is 5.76 Å². The minimum Gasteiger partial charge on any atom is -0.458 e. The van der Waals surface area contributed by atoms with Crippen molar-refractivity contribution >= 4 is 5.78 Å². The van der Waals surface area contributed by atoms with E-state index in [1.807, 2.05) is 25.1 Å². The lowest BCUT2D eigenvalue weighted by Crippen LogP contribution is -2.02. The summed E-state index contributed by atoms with van der Waals surface area (Å²) in [6.45, 7) is 6.34. The Hall–Kier alpha value is -1.83. The Balaban J connectivity index is 2.06. The molecule has 0 unspecified atom stereocenters. The van der Waals surface area contributed by atoms with Gasteiger partial charge in [0, 0.05) is 12.8 Å². The summed E-state index contributed by atoms with van der Waals surface area (Å²) in [4.78, 5) is 12.1. The van der Waals surface area contributed by atoms with Gasteiger partial charge >= 0.3 is 0 Å². The maximum absolute atomic E-state index is 12.1. The molecule has 2 rings (SSSR count). The molecular weight excluding hydrogens is 236 g/mol. The number of aryl methyl sites for hydroxylation is 1. The molecule has 1 aromatic heterocycles. The highest BCUT2D eigenvalue weighted by molar-refractivity contribution is 5.95. The predicted molar refractivity (Wildman–Crippen MR) is 76.7 cm³/mol. The van der Waals surface area contributed by atoms with E-state index in [4.69, 9.17) is 4.42 Å². The van der Waals surface area contributed by atoms with E-state index in [0.717, 1.165) is 17.7 Å². The van der Waals surface area contributed by atoms with Crippen LogP contribution < -0.4 is 0 Å². The van der Waals surface area contributed by atoms with Crippen LogP contribution in [0.1, 0.15) is 54.1 Å². The third kappa shape index (κ3) is 3.34. The van der Waals surface area contributed by atoms with Gasteiger partial charge in [-0.15, -0.1) is 0 Å². The fourth-order valence-corrected chi connectivity index (χ4v) is 2.01. The van der Waals surface area contributed by atoms with Crippen LogP contribution >= 0.6 is 0 Å². The van der Waals surface area contributed by atoms with Crippen LogP contribution in [0.2, 0.25) is 0 Å². The number of rotatable bonds is 5. The van der Waals surface area contributed by atoms with Crippen molar-refractivity contribution in [1.82, 2.24) is 0 Å². The second-order valence-corrected chi connectivity index (χ2v) is 5.12. The lowest BCUT2D eigenvalue weighted by Gasteiger charge is -2.06. The van der Waals surface area contributed by atoms with Crippen LogP contribution in [0.4, 0.5) is 0 Å². The minimum absolute atomic E-state index is 0.0389. The number of carbonyl (C=O) groups excluding carboxylic acids is 1. The molecule has 0 aliphatic rings. The number of carbonyl (C=O) groups is 1. The van der Waals surface area contributed by atoms with Crippen molar-refractivity contribution in [2.75, 3.05) is 0 Å². The fraction of sp³-hybridized carbons (Fsp3) is 0.353. The first-order chi connectivity index (χ1) is 9.10. The van der Waals surface area contributed by atoms with E-state index >= 15 is 0 Å². The Morgan fingerprint density at radius 3 is 2.32 bits per heavy atom. The summed E-state index contributed by atoms with van der Waals surface area (Å²) in [6, 6.07) is 11.9. The molecule has 2 aromatic rings. The Bertz CT molecular complexity index is 547. The minimum atomic E-state index is 0.0389. The maximum atomic E-state index is 12.1. The van der Waals surface area contributed by atoms with Gasteiger partial charge in [0.15, 0.2) is 5.76 Å². The topological polar surface area (TPSA) is 30.2 Å². The number of ketones is 1. The van der Waals surface area contributed by atoms with Crippen LogP contribution in [0.25, 0.3) is 0 Å². The largest absolute Gasteiger partial charge is 0.458 e. The van der Waals surface area contributed by atoms with Gasteiger partial charge in [-0.1, -0.05) is 45.0 Å². The molecule has 0 fully saturated rings. The van der Waals surface area contributed by atoms with Crippen LogP contribution in [0.5, 0.6) is 0 Å². The SMILES string of the molecule is CCc1ccc(C(=O)Cc2ccc(C(C)C)cc2)o1. The third-order valence-electron chi connectivity index (χ3n) is 3.30. The molecule has 0 saturated carbocycles. The summed E-state index contributed by atoms with van der Waals surface area (Å²) in [7, 11) is 0. The Morgan fingerprint density at radius 1 is 1.11 bits per heavy atom. The van der Waals surface area contributed by atoms with Crippen LogP contribution in [-0.4, -0.2) is 5.78 Å². The Labute approximate surface area is 114 Å². The van der Waals surface area contributed by atoms with E-state index < -0.39 is 0 Å². The number of benzene rings is 1. The molecule has 0 amide bonds. The lowest BCUT2D eigenvalue weighted by molar-refractivity contribution is 0.0965. The molecule has 0 atom stereocenters. The van der Waals surface area contributed by atoms with Gasteiger partial charge in [-0.05, 0) is 29.2 Å². The standard InChI is InChI=1S/C17H20O2/c1-4-15-9-10-17(19-15)16(18)11-13-5-7-14(8-6-13)12(2)3/h5-10,12H,4,11H2,1-3H3. The molecule has 0 aliphatic carbocycles. The highest BCUT2D eigenvalue weighted by atomic mass is 16.3. The Kier molecular flexibility index (Phi) is 4.20.